The van der Waals surface area contributed by atoms with Gasteiger partial charge in [-0.2, -0.15) is 9.61 Å². The summed E-state index contributed by atoms with van der Waals surface area (Å²) in [5, 5.41) is 8.14. The second-order valence-electron chi connectivity index (χ2n) is 6.92. The van der Waals surface area contributed by atoms with Crippen LogP contribution in [0.25, 0.3) is 16.9 Å². The van der Waals surface area contributed by atoms with Crippen molar-refractivity contribution >= 4 is 17.4 Å². The summed E-state index contributed by atoms with van der Waals surface area (Å²) >= 11 is 0. The van der Waals surface area contributed by atoms with Crippen molar-refractivity contribution in [2.45, 2.75) is 32.7 Å². The summed E-state index contributed by atoms with van der Waals surface area (Å²) in [5.74, 6) is 1.12. The molecule has 0 saturated carbocycles. The normalized spacial score (nSPS) is 17.3. The zero-order chi connectivity index (χ0) is 18.3. The lowest BCUT2D eigenvalue weighted by Crippen LogP contribution is -2.34. The van der Waals surface area contributed by atoms with E-state index in [9.17, 15) is 4.79 Å². The molecular formula is C20H23N5O. The molecule has 1 amide bonds. The van der Waals surface area contributed by atoms with Crippen LogP contribution in [0.5, 0.6) is 0 Å². The van der Waals surface area contributed by atoms with Gasteiger partial charge in [0.2, 0.25) is 5.91 Å². The van der Waals surface area contributed by atoms with Gasteiger partial charge in [0.15, 0.2) is 5.65 Å². The van der Waals surface area contributed by atoms with E-state index >= 15 is 0 Å². The lowest BCUT2D eigenvalue weighted by atomic mass is 10.1. The van der Waals surface area contributed by atoms with Gasteiger partial charge in [0.25, 0.3) is 0 Å². The van der Waals surface area contributed by atoms with Crippen LogP contribution < -0.4 is 5.32 Å². The second-order valence-corrected chi connectivity index (χ2v) is 6.92. The van der Waals surface area contributed by atoms with Crippen LogP contribution in [0.15, 0.2) is 36.4 Å². The van der Waals surface area contributed by atoms with Crippen molar-refractivity contribution in [1.82, 2.24) is 19.5 Å². The van der Waals surface area contributed by atoms with Crippen molar-refractivity contribution in [2.75, 3.05) is 18.9 Å². The Morgan fingerprint density at radius 2 is 2.00 bits per heavy atom. The van der Waals surface area contributed by atoms with E-state index in [4.69, 9.17) is 4.98 Å². The third kappa shape index (κ3) is 2.81. The predicted octanol–water partition coefficient (Wildman–Crippen LogP) is 3.05. The van der Waals surface area contributed by atoms with Gasteiger partial charge in [-0.25, -0.2) is 4.98 Å². The molecule has 0 radical (unpaired) electrons. The minimum atomic E-state index is 0.212. The van der Waals surface area contributed by atoms with Crippen molar-refractivity contribution in [2.24, 2.45) is 0 Å². The Labute approximate surface area is 152 Å². The Balaban J connectivity index is 1.72. The van der Waals surface area contributed by atoms with Crippen LogP contribution in [0.1, 0.15) is 24.1 Å². The second kappa shape index (κ2) is 6.44. The first-order valence-corrected chi connectivity index (χ1v) is 8.96. The van der Waals surface area contributed by atoms with Gasteiger partial charge in [-0.1, -0.05) is 30.3 Å². The summed E-state index contributed by atoms with van der Waals surface area (Å²) in [6.07, 6.45) is 1.52. The summed E-state index contributed by atoms with van der Waals surface area (Å²) in [5.41, 5.74) is 4.91. The number of aryl methyl sites for hydroxylation is 2. The van der Waals surface area contributed by atoms with Gasteiger partial charge in [-0.3, -0.25) is 4.79 Å². The van der Waals surface area contributed by atoms with Crippen molar-refractivity contribution in [3.05, 3.63) is 47.7 Å². The van der Waals surface area contributed by atoms with Gasteiger partial charge in [0.1, 0.15) is 5.82 Å². The topological polar surface area (TPSA) is 62.5 Å². The molecule has 3 heterocycles. The van der Waals surface area contributed by atoms with Crippen LogP contribution in [0.4, 0.5) is 5.82 Å². The molecule has 134 valence electrons. The van der Waals surface area contributed by atoms with E-state index in [1.165, 1.54) is 0 Å². The highest BCUT2D eigenvalue weighted by atomic mass is 16.2. The predicted molar refractivity (Wildman–Crippen MR) is 102 cm³/mol. The van der Waals surface area contributed by atoms with Crippen LogP contribution in [0, 0.1) is 13.8 Å². The molecule has 1 aromatic carbocycles. The van der Waals surface area contributed by atoms with Crippen molar-refractivity contribution in [3.8, 4) is 11.3 Å². The molecule has 3 aromatic rings. The molecule has 0 bridgehead atoms. The Bertz CT molecular complexity index is 963. The number of fused-ring (bicyclic) bond motifs is 1. The zero-order valence-corrected chi connectivity index (χ0v) is 15.4. The number of aromatic nitrogens is 3. The zero-order valence-electron chi connectivity index (χ0n) is 15.4. The number of benzene rings is 1. The number of nitrogens with zero attached hydrogens (tertiary/aromatic N) is 4. The summed E-state index contributed by atoms with van der Waals surface area (Å²) in [6.45, 7) is 4.75. The highest BCUT2D eigenvalue weighted by Gasteiger charge is 2.27. The monoisotopic (exact) mass is 349 g/mol. The number of anilines is 1. The number of carbonyl (C=O) groups excluding carboxylic acids is 1. The number of amides is 1. The SMILES string of the molecule is Cc1nn2c(NC[C@@H]3CCC(=O)N3C)cc(-c3ccccc3)nc2c1C. The maximum Gasteiger partial charge on any atom is 0.222 e. The minimum Gasteiger partial charge on any atom is -0.368 e. The first kappa shape index (κ1) is 16.6. The first-order chi connectivity index (χ1) is 12.5. The molecule has 4 rings (SSSR count). The lowest BCUT2D eigenvalue weighted by Gasteiger charge is -2.21. The number of nitrogens with one attached hydrogen (secondary N) is 1. The minimum absolute atomic E-state index is 0.212. The fraction of sp³-hybridized carbons (Fsp3) is 0.350. The van der Waals surface area contributed by atoms with E-state index < -0.39 is 0 Å². The standard InChI is InChI=1S/C20H23N5O/c1-13-14(2)23-25-18(21-12-16-9-10-19(26)24(16)3)11-17(22-20(13)25)15-7-5-4-6-8-15/h4-8,11,16,21H,9-10,12H2,1-3H3/t16-/m0/s1. The quantitative estimate of drug-likeness (QED) is 0.786. The van der Waals surface area contributed by atoms with E-state index in [1.54, 1.807) is 0 Å². The van der Waals surface area contributed by atoms with Gasteiger partial charge in [-0.15, -0.1) is 0 Å². The smallest absolute Gasteiger partial charge is 0.222 e. The van der Waals surface area contributed by atoms with Gasteiger partial charge in [0.05, 0.1) is 11.4 Å². The molecule has 0 unspecified atom stereocenters. The highest BCUT2D eigenvalue weighted by Crippen LogP contribution is 2.25. The fourth-order valence-electron chi connectivity index (χ4n) is 3.44. The maximum absolute atomic E-state index is 11.8. The molecule has 0 spiro atoms. The van der Waals surface area contributed by atoms with E-state index in [-0.39, 0.29) is 11.9 Å². The fourth-order valence-corrected chi connectivity index (χ4v) is 3.44. The Hall–Kier alpha value is -2.89. The molecular weight excluding hydrogens is 326 g/mol. The molecule has 6 nitrogen and oxygen atoms in total. The highest BCUT2D eigenvalue weighted by molar-refractivity contribution is 5.78. The number of likely N-dealkylation sites (N-methyl/N-ethyl adjacent to an activating group) is 1. The molecule has 1 N–H and O–H groups in total. The van der Waals surface area contributed by atoms with Crippen molar-refractivity contribution < 1.29 is 4.79 Å². The molecule has 1 saturated heterocycles. The van der Waals surface area contributed by atoms with E-state index in [0.29, 0.717) is 13.0 Å². The van der Waals surface area contributed by atoms with Crippen LogP contribution in [-0.2, 0) is 4.79 Å². The van der Waals surface area contributed by atoms with Gasteiger partial charge >= 0.3 is 0 Å². The number of hydrogen-bond donors (Lipinski definition) is 1. The molecule has 2 aromatic heterocycles. The van der Waals surface area contributed by atoms with Gasteiger partial charge in [0, 0.05) is 43.2 Å². The average molecular weight is 349 g/mol. The third-order valence-corrected chi connectivity index (χ3v) is 5.28. The molecule has 6 heteroatoms. The Kier molecular flexibility index (Phi) is 4.11. The number of rotatable bonds is 4. The number of carbonyl (C=O) groups is 1. The van der Waals surface area contributed by atoms with E-state index in [1.807, 2.05) is 54.6 Å². The average Bonchev–Trinajstić information content (AvgIpc) is 3.13. The third-order valence-electron chi connectivity index (χ3n) is 5.28. The molecule has 1 fully saturated rings. The number of hydrogen-bond acceptors (Lipinski definition) is 4. The maximum atomic E-state index is 11.8. The summed E-state index contributed by atoms with van der Waals surface area (Å²) in [4.78, 5) is 18.4. The van der Waals surface area contributed by atoms with Crippen LogP contribution >= 0.6 is 0 Å². The van der Waals surface area contributed by atoms with Crippen molar-refractivity contribution in [1.29, 1.82) is 0 Å². The largest absolute Gasteiger partial charge is 0.368 e. The van der Waals surface area contributed by atoms with Gasteiger partial charge < -0.3 is 10.2 Å². The molecule has 1 aliphatic rings. The molecule has 26 heavy (non-hydrogen) atoms. The first-order valence-electron chi connectivity index (χ1n) is 8.96. The molecule has 0 aliphatic carbocycles. The van der Waals surface area contributed by atoms with Crippen LogP contribution in [-0.4, -0.2) is 45.0 Å². The summed E-state index contributed by atoms with van der Waals surface area (Å²) in [7, 11) is 1.88. The van der Waals surface area contributed by atoms with Gasteiger partial charge in [-0.05, 0) is 20.3 Å². The van der Waals surface area contributed by atoms with Crippen molar-refractivity contribution in [3.63, 3.8) is 0 Å². The van der Waals surface area contributed by atoms with E-state index in [0.717, 1.165) is 40.4 Å². The molecule has 1 aliphatic heterocycles. The van der Waals surface area contributed by atoms with Crippen LogP contribution in [0.3, 0.4) is 0 Å². The number of likely N-dealkylation sites (tertiary alicyclic amines) is 1. The summed E-state index contributed by atoms with van der Waals surface area (Å²) in [6, 6.07) is 12.4. The summed E-state index contributed by atoms with van der Waals surface area (Å²) < 4.78 is 1.87. The van der Waals surface area contributed by atoms with Crippen LogP contribution in [0.2, 0.25) is 0 Å². The molecule has 1 atom stereocenters. The lowest BCUT2D eigenvalue weighted by molar-refractivity contribution is -0.127. The Morgan fingerprint density at radius 3 is 2.69 bits per heavy atom. The van der Waals surface area contributed by atoms with E-state index in [2.05, 4.69) is 22.5 Å². The Morgan fingerprint density at radius 1 is 1.23 bits per heavy atom.